The minimum atomic E-state index is -3.14. The first-order valence-corrected chi connectivity index (χ1v) is 28.5. The Morgan fingerprint density at radius 2 is 0.833 bits per heavy atom. The average Bonchev–Trinajstić information content (AvgIpc) is 3.26. The molecule has 1 N–H and O–H groups in total. The molecule has 0 aromatic rings. The Balaban J connectivity index is 5.13. The number of unbranched alkanes of at least 4 members (excludes halogenated alkanes) is 22. The van der Waals surface area contributed by atoms with Gasteiger partial charge >= 0.3 is 8.80 Å². The molecule has 0 aromatic heterocycles. The molecule has 60 heavy (non-hydrogen) atoms. The Morgan fingerprint density at radius 1 is 0.450 bits per heavy atom. The second kappa shape index (κ2) is 49.9. The molecular weight excluding hydrogens is 791 g/mol. The standard InChI is InChI=1S/C49H101NO8SSi/c1-6-10-14-16-18-20-21-22-23-25-26-28-30-33-48(50-5)47-58-60(56-43-41-54-39-37-52-35-12-8-3,57-44-42-55-40-38-53-36-13-9-4)46-32-45-59-49(51)34-31-29-27-24-19-17-15-11-7-2/h48,50H,6-47H2,1-5H3. The number of ether oxygens (including phenoxy) is 4. The predicted molar refractivity (Wildman–Crippen MR) is 259 cm³/mol. The number of likely N-dealkylation sites (N-methyl/N-ethyl adjacent to an activating group) is 1. The summed E-state index contributed by atoms with van der Waals surface area (Å²) in [5.74, 6) is 0.743. The third kappa shape index (κ3) is 43.2. The van der Waals surface area contributed by atoms with Crippen LogP contribution in [0.4, 0.5) is 0 Å². The molecule has 0 amide bonds. The first kappa shape index (κ1) is 59.9. The smallest absolute Gasteiger partial charge is 0.379 e. The van der Waals surface area contributed by atoms with Crippen molar-refractivity contribution in [2.45, 2.75) is 226 Å². The Morgan fingerprint density at radius 3 is 1.27 bits per heavy atom. The van der Waals surface area contributed by atoms with Crippen molar-refractivity contribution in [3.8, 4) is 0 Å². The summed E-state index contributed by atoms with van der Waals surface area (Å²) in [7, 11) is -1.11. The lowest BCUT2D eigenvalue weighted by Crippen LogP contribution is -2.50. The number of rotatable bonds is 52. The number of nitrogens with one attached hydrogen (secondary N) is 1. The van der Waals surface area contributed by atoms with E-state index in [4.69, 9.17) is 32.2 Å². The molecule has 360 valence electrons. The molecule has 0 saturated heterocycles. The number of carbonyl (C=O) groups is 1. The fraction of sp³-hybridized carbons (Fsp3) is 0.980. The molecule has 11 heteroatoms. The minimum absolute atomic E-state index is 0.220. The molecule has 0 bridgehead atoms. The maximum absolute atomic E-state index is 12.8. The Labute approximate surface area is 378 Å². The Bertz CT molecular complexity index is 825. The molecular formula is C49H101NO8SSi. The molecule has 0 aliphatic carbocycles. The quantitative estimate of drug-likeness (QED) is 0.0470. The largest absolute Gasteiger partial charge is 0.501 e. The van der Waals surface area contributed by atoms with Gasteiger partial charge in [-0.05, 0) is 39.2 Å². The lowest BCUT2D eigenvalue weighted by atomic mass is 10.0. The summed E-state index contributed by atoms with van der Waals surface area (Å²) in [6.45, 7) is 14.9. The van der Waals surface area contributed by atoms with Gasteiger partial charge in [0.1, 0.15) is 0 Å². The zero-order valence-corrected chi connectivity index (χ0v) is 42.3. The summed E-state index contributed by atoms with van der Waals surface area (Å²) in [4.78, 5) is 12.8. The van der Waals surface area contributed by atoms with Crippen LogP contribution in [0, 0.1) is 0 Å². The van der Waals surface area contributed by atoms with Crippen LogP contribution < -0.4 is 5.32 Å². The monoisotopic (exact) mass is 892 g/mol. The number of thioether (sulfide) groups is 1. The number of hydrogen-bond acceptors (Lipinski definition) is 10. The third-order valence-electron chi connectivity index (χ3n) is 11.1. The van der Waals surface area contributed by atoms with Crippen molar-refractivity contribution >= 4 is 25.7 Å². The van der Waals surface area contributed by atoms with Crippen molar-refractivity contribution in [1.82, 2.24) is 5.32 Å². The van der Waals surface area contributed by atoms with Crippen LogP contribution >= 0.6 is 11.8 Å². The summed E-state index contributed by atoms with van der Waals surface area (Å²) < 4.78 is 43.2. The van der Waals surface area contributed by atoms with Crippen LogP contribution in [0.1, 0.15) is 214 Å². The molecule has 0 spiro atoms. The molecule has 1 unspecified atom stereocenters. The van der Waals surface area contributed by atoms with Gasteiger partial charge in [0.05, 0.1) is 59.5 Å². The van der Waals surface area contributed by atoms with Gasteiger partial charge in [0.15, 0.2) is 5.12 Å². The van der Waals surface area contributed by atoms with Gasteiger partial charge in [-0.15, -0.1) is 0 Å². The molecule has 0 heterocycles. The summed E-state index contributed by atoms with van der Waals surface area (Å²) in [6.07, 6.45) is 35.9. The average molecular weight is 892 g/mol. The van der Waals surface area contributed by atoms with E-state index in [0.717, 1.165) is 70.3 Å². The van der Waals surface area contributed by atoms with E-state index in [9.17, 15) is 4.79 Å². The first-order valence-electron chi connectivity index (χ1n) is 25.6. The zero-order valence-electron chi connectivity index (χ0n) is 40.5. The second-order valence-electron chi connectivity index (χ2n) is 16.8. The van der Waals surface area contributed by atoms with Crippen molar-refractivity contribution in [1.29, 1.82) is 0 Å². The predicted octanol–water partition coefficient (Wildman–Crippen LogP) is 13.3. The van der Waals surface area contributed by atoms with Crippen molar-refractivity contribution in [3.63, 3.8) is 0 Å². The van der Waals surface area contributed by atoms with Gasteiger partial charge in [0.2, 0.25) is 0 Å². The van der Waals surface area contributed by atoms with Gasteiger partial charge in [-0.2, -0.15) is 0 Å². The molecule has 9 nitrogen and oxygen atoms in total. The molecule has 0 rings (SSSR count). The van der Waals surface area contributed by atoms with Crippen LogP contribution in [0.15, 0.2) is 0 Å². The van der Waals surface area contributed by atoms with E-state index in [-0.39, 0.29) is 6.04 Å². The highest BCUT2D eigenvalue weighted by Gasteiger charge is 2.41. The van der Waals surface area contributed by atoms with Crippen molar-refractivity contribution in [2.75, 3.05) is 85.5 Å². The van der Waals surface area contributed by atoms with E-state index < -0.39 is 8.80 Å². The number of hydrogen-bond donors (Lipinski definition) is 1. The van der Waals surface area contributed by atoms with E-state index in [1.807, 2.05) is 7.05 Å². The van der Waals surface area contributed by atoms with Gasteiger partial charge in [-0.25, -0.2) is 0 Å². The number of carbonyl (C=O) groups excluding carboxylic acids is 1. The van der Waals surface area contributed by atoms with Gasteiger partial charge in [-0.3, -0.25) is 4.79 Å². The first-order chi connectivity index (χ1) is 29.6. The van der Waals surface area contributed by atoms with Crippen LogP contribution in [0.2, 0.25) is 6.04 Å². The van der Waals surface area contributed by atoms with E-state index in [0.29, 0.717) is 77.0 Å². The minimum Gasteiger partial charge on any atom is -0.379 e. The van der Waals surface area contributed by atoms with Gasteiger partial charge in [0, 0.05) is 37.5 Å². The lowest BCUT2D eigenvalue weighted by molar-refractivity contribution is -0.111. The molecule has 0 radical (unpaired) electrons. The highest BCUT2D eigenvalue weighted by atomic mass is 32.2. The van der Waals surface area contributed by atoms with Crippen LogP contribution in [0.5, 0.6) is 0 Å². The third-order valence-corrected chi connectivity index (χ3v) is 15.0. The summed E-state index contributed by atoms with van der Waals surface area (Å²) >= 11 is 1.46. The van der Waals surface area contributed by atoms with Gasteiger partial charge in [-0.1, -0.05) is 187 Å². The highest BCUT2D eigenvalue weighted by molar-refractivity contribution is 8.13. The zero-order chi connectivity index (χ0) is 43.7. The lowest BCUT2D eigenvalue weighted by Gasteiger charge is -2.31. The van der Waals surface area contributed by atoms with Crippen LogP contribution in [0.3, 0.4) is 0 Å². The molecule has 0 aliphatic heterocycles. The van der Waals surface area contributed by atoms with E-state index in [1.54, 1.807) is 0 Å². The van der Waals surface area contributed by atoms with E-state index in [1.165, 1.54) is 140 Å². The Hall–Kier alpha value is -0.0831. The fourth-order valence-electron chi connectivity index (χ4n) is 7.06. The SMILES string of the molecule is CCCCCCCCCCCCCCCC(CO[Si](CCCSC(=O)CCCCCCCCCCC)(OCCOCCOCCCC)OCCOCCOCCCC)NC. The van der Waals surface area contributed by atoms with Gasteiger partial charge in [0.25, 0.3) is 0 Å². The highest BCUT2D eigenvalue weighted by Crippen LogP contribution is 2.23. The van der Waals surface area contributed by atoms with Crippen molar-refractivity contribution in [3.05, 3.63) is 0 Å². The Kier molecular flexibility index (Phi) is 49.9. The molecule has 0 aromatic carbocycles. The maximum Gasteiger partial charge on any atom is 0.501 e. The molecule has 0 fully saturated rings. The maximum atomic E-state index is 12.8. The molecule has 1 atom stereocenters. The molecule has 0 saturated carbocycles. The van der Waals surface area contributed by atoms with Crippen LogP contribution in [-0.2, 0) is 37.0 Å². The molecule has 0 aliphatic rings. The fourth-order valence-corrected chi connectivity index (χ4v) is 10.7. The van der Waals surface area contributed by atoms with E-state index in [2.05, 4.69) is 33.0 Å². The van der Waals surface area contributed by atoms with Crippen molar-refractivity contribution in [2.24, 2.45) is 0 Å². The van der Waals surface area contributed by atoms with Crippen molar-refractivity contribution < 1.29 is 37.0 Å². The summed E-state index contributed by atoms with van der Waals surface area (Å²) in [6, 6.07) is 0.873. The summed E-state index contributed by atoms with van der Waals surface area (Å²) in [5.41, 5.74) is 0. The van der Waals surface area contributed by atoms with E-state index >= 15 is 0 Å². The topological polar surface area (TPSA) is 93.7 Å². The van der Waals surface area contributed by atoms with Crippen LogP contribution in [-0.4, -0.2) is 105 Å². The second-order valence-corrected chi connectivity index (χ2v) is 20.7. The summed E-state index contributed by atoms with van der Waals surface area (Å²) in [5, 5.41) is 3.81. The van der Waals surface area contributed by atoms with Gasteiger partial charge < -0.3 is 37.5 Å². The van der Waals surface area contributed by atoms with Crippen LogP contribution in [0.25, 0.3) is 0 Å². The normalized spacial score (nSPS) is 12.5.